The second-order valence-electron chi connectivity index (χ2n) is 6.91. The van der Waals surface area contributed by atoms with Gasteiger partial charge in [0.2, 0.25) is 0 Å². The fourth-order valence-electron chi connectivity index (χ4n) is 2.39. The zero-order valence-corrected chi connectivity index (χ0v) is 16.7. The van der Waals surface area contributed by atoms with Gasteiger partial charge < -0.3 is 9.47 Å². The second-order valence-corrected chi connectivity index (χ2v) is 8.26. The smallest absolute Gasteiger partial charge is 0.410 e. The lowest BCUT2D eigenvalue weighted by Crippen LogP contribution is -2.33. The summed E-state index contributed by atoms with van der Waals surface area (Å²) in [4.78, 5) is 13.9. The van der Waals surface area contributed by atoms with E-state index in [-0.39, 0.29) is 17.2 Å². The molecule has 1 atom stereocenters. The van der Waals surface area contributed by atoms with Crippen LogP contribution in [0.25, 0.3) is 0 Å². The molecular formula is C17H23F2N3O4S. The zero-order chi connectivity index (χ0) is 20.4. The lowest BCUT2D eigenvalue weighted by atomic mass is 10.2. The van der Waals surface area contributed by atoms with Crippen LogP contribution in [0.4, 0.5) is 13.6 Å². The average Bonchev–Trinajstić information content (AvgIpc) is 3.08. The number of carbonyl (C=O) groups is 1. The van der Waals surface area contributed by atoms with Crippen molar-refractivity contribution in [2.45, 2.75) is 59.9 Å². The number of carbonyl (C=O) groups excluding carboxylic acids is 1. The van der Waals surface area contributed by atoms with Gasteiger partial charge in [-0.2, -0.15) is 18.0 Å². The number of ether oxygens (including phenoxy) is 2. The van der Waals surface area contributed by atoms with Gasteiger partial charge in [0.25, 0.3) is 0 Å². The van der Waals surface area contributed by atoms with Crippen LogP contribution >= 0.6 is 0 Å². The Morgan fingerprint density at radius 1 is 1.37 bits per heavy atom. The minimum Gasteiger partial charge on any atom is -0.444 e. The summed E-state index contributed by atoms with van der Waals surface area (Å²) in [6.07, 6.45) is 3.96. The van der Waals surface area contributed by atoms with Gasteiger partial charge in [0.05, 0.1) is 23.7 Å². The van der Waals surface area contributed by atoms with Gasteiger partial charge in [0.1, 0.15) is 11.4 Å². The molecule has 2 rings (SSSR count). The van der Waals surface area contributed by atoms with Crippen molar-refractivity contribution in [1.29, 1.82) is 0 Å². The molecule has 2 heterocycles. The summed E-state index contributed by atoms with van der Waals surface area (Å²) in [5.41, 5.74) is 0.785. The fourth-order valence-corrected chi connectivity index (χ4v) is 3.47. The van der Waals surface area contributed by atoms with Crippen molar-refractivity contribution in [2.24, 2.45) is 0 Å². The molecule has 0 bridgehead atoms. The van der Waals surface area contributed by atoms with E-state index < -0.39 is 29.3 Å². The number of hydrogen-bond acceptors (Lipinski definition) is 5. The highest BCUT2D eigenvalue weighted by atomic mass is 32.2. The van der Waals surface area contributed by atoms with Crippen LogP contribution in [0, 0.1) is 0 Å². The standard InChI is InChI=1S/C17H23F2N3O4S/c1-6-13(7-11(2)25-15(18)19)27(24)22-9-12-8-21(10-14(12)20-22)16(23)26-17(3,4)5/h6-7,9,15H,8,10H2,1-5H3/b11-7+,13-6+. The third-order valence-electron chi connectivity index (χ3n) is 3.49. The molecule has 0 saturated heterocycles. The maximum Gasteiger partial charge on any atom is 0.410 e. The first-order valence-corrected chi connectivity index (χ1v) is 9.38. The molecule has 0 spiro atoms. The molecule has 1 amide bonds. The molecule has 0 fully saturated rings. The van der Waals surface area contributed by atoms with Gasteiger partial charge in [0.15, 0.2) is 11.0 Å². The molecule has 0 N–H and O–H groups in total. The molecule has 1 aromatic rings. The number of halogens is 2. The van der Waals surface area contributed by atoms with Gasteiger partial charge in [-0.3, -0.25) is 4.90 Å². The van der Waals surface area contributed by atoms with Gasteiger partial charge in [-0.25, -0.2) is 9.00 Å². The van der Waals surface area contributed by atoms with Crippen LogP contribution in [0.1, 0.15) is 45.9 Å². The molecule has 0 saturated carbocycles. The van der Waals surface area contributed by atoms with Crippen molar-refractivity contribution in [2.75, 3.05) is 0 Å². The number of alkyl halides is 2. The SMILES string of the molecule is C/C=C(\C=C(/C)OC(F)F)S(=O)n1cc2c(n1)CN(C(=O)OC(C)(C)C)C2. The summed E-state index contributed by atoms with van der Waals surface area (Å²) in [5, 5.41) is 4.26. The van der Waals surface area contributed by atoms with E-state index in [1.54, 1.807) is 33.9 Å². The Balaban J connectivity index is 2.09. The monoisotopic (exact) mass is 403 g/mol. The molecule has 27 heavy (non-hydrogen) atoms. The predicted molar refractivity (Wildman–Crippen MR) is 95.9 cm³/mol. The number of aromatic nitrogens is 2. The fraction of sp³-hybridized carbons (Fsp3) is 0.529. The Morgan fingerprint density at radius 2 is 2.04 bits per heavy atom. The molecule has 1 aliphatic rings. The van der Waals surface area contributed by atoms with Crippen molar-refractivity contribution >= 4 is 17.1 Å². The molecule has 0 radical (unpaired) electrons. The molecule has 150 valence electrons. The Hall–Kier alpha value is -2.23. The minimum absolute atomic E-state index is 0.0535. The topological polar surface area (TPSA) is 73.7 Å². The van der Waals surface area contributed by atoms with Crippen LogP contribution in [0.5, 0.6) is 0 Å². The van der Waals surface area contributed by atoms with E-state index in [0.717, 1.165) is 5.56 Å². The average molecular weight is 403 g/mol. The van der Waals surface area contributed by atoms with Crippen LogP contribution in [0.3, 0.4) is 0 Å². The van der Waals surface area contributed by atoms with Gasteiger partial charge in [0, 0.05) is 11.8 Å². The maximum atomic E-state index is 12.7. The van der Waals surface area contributed by atoms with Crippen LogP contribution < -0.4 is 0 Å². The van der Waals surface area contributed by atoms with Crippen molar-refractivity contribution in [3.8, 4) is 0 Å². The molecule has 1 unspecified atom stereocenters. The summed E-state index contributed by atoms with van der Waals surface area (Å²) in [7, 11) is -1.72. The Kier molecular flexibility index (Phi) is 6.40. The third-order valence-corrected chi connectivity index (χ3v) is 4.77. The Labute approximate surface area is 159 Å². The zero-order valence-electron chi connectivity index (χ0n) is 15.9. The number of nitrogens with zero attached hydrogens (tertiary/aromatic N) is 3. The third kappa shape index (κ3) is 5.62. The highest BCUT2D eigenvalue weighted by Crippen LogP contribution is 2.24. The quantitative estimate of drug-likeness (QED) is 0.554. The summed E-state index contributed by atoms with van der Waals surface area (Å²) >= 11 is 0. The number of hydrogen-bond donors (Lipinski definition) is 0. The Bertz CT molecular complexity index is 773. The highest BCUT2D eigenvalue weighted by Gasteiger charge is 2.30. The van der Waals surface area contributed by atoms with Gasteiger partial charge in [-0.1, -0.05) is 6.08 Å². The van der Waals surface area contributed by atoms with E-state index in [4.69, 9.17) is 4.74 Å². The van der Waals surface area contributed by atoms with E-state index in [1.807, 2.05) is 0 Å². The maximum absolute atomic E-state index is 12.7. The summed E-state index contributed by atoms with van der Waals surface area (Å²) in [5.74, 6) is -0.0535. The van der Waals surface area contributed by atoms with E-state index in [0.29, 0.717) is 12.2 Å². The second kappa shape index (κ2) is 8.20. The molecule has 1 aromatic heterocycles. The summed E-state index contributed by atoms with van der Waals surface area (Å²) < 4.78 is 48.0. The molecule has 1 aliphatic heterocycles. The van der Waals surface area contributed by atoms with Crippen molar-refractivity contribution in [1.82, 2.24) is 14.1 Å². The normalized spacial score (nSPS) is 16.5. The molecule has 7 nitrogen and oxygen atoms in total. The van der Waals surface area contributed by atoms with E-state index >= 15 is 0 Å². The van der Waals surface area contributed by atoms with Gasteiger partial charge in [-0.05, 0) is 40.7 Å². The van der Waals surface area contributed by atoms with E-state index in [1.165, 1.54) is 28.1 Å². The van der Waals surface area contributed by atoms with E-state index in [2.05, 4.69) is 9.84 Å². The summed E-state index contributed by atoms with van der Waals surface area (Å²) in [6, 6.07) is 0. The van der Waals surface area contributed by atoms with E-state index in [9.17, 15) is 17.8 Å². The number of allylic oxidation sites excluding steroid dienone is 3. The molecular weight excluding hydrogens is 380 g/mol. The van der Waals surface area contributed by atoms with Crippen molar-refractivity contribution in [3.63, 3.8) is 0 Å². The van der Waals surface area contributed by atoms with Crippen LogP contribution in [0.2, 0.25) is 0 Å². The first kappa shape index (κ1) is 21.1. The van der Waals surface area contributed by atoms with Crippen LogP contribution in [-0.4, -0.2) is 36.6 Å². The van der Waals surface area contributed by atoms with Gasteiger partial charge in [-0.15, -0.1) is 0 Å². The molecule has 0 aliphatic carbocycles. The van der Waals surface area contributed by atoms with Crippen molar-refractivity contribution in [3.05, 3.63) is 40.3 Å². The van der Waals surface area contributed by atoms with Crippen LogP contribution in [0.15, 0.2) is 29.0 Å². The molecule has 0 aromatic carbocycles. The lowest BCUT2D eigenvalue weighted by molar-refractivity contribution is -0.0953. The highest BCUT2D eigenvalue weighted by molar-refractivity contribution is 7.87. The van der Waals surface area contributed by atoms with Crippen molar-refractivity contribution < 1.29 is 27.3 Å². The van der Waals surface area contributed by atoms with Gasteiger partial charge >= 0.3 is 12.7 Å². The Morgan fingerprint density at radius 3 is 2.56 bits per heavy atom. The number of fused-ring (bicyclic) bond motifs is 1. The minimum atomic E-state index is -2.94. The first-order valence-electron chi connectivity index (χ1n) is 8.27. The lowest BCUT2D eigenvalue weighted by Gasteiger charge is -2.24. The predicted octanol–water partition coefficient (Wildman–Crippen LogP) is 3.69. The van der Waals surface area contributed by atoms with Crippen LogP contribution in [-0.2, 0) is 33.5 Å². The summed E-state index contributed by atoms with van der Waals surface area (Å²) in [6.45, 7) is 5.97. The first-order chi connectivity index (χ1) is 12.5. The number of rotatable bonds is 5. The number of amides is 1. The molecule has 10 heteroatoms. The largest absolute Gasteiger partial charge is 0.444 e.